The van der Waals surface area contributed by atoms with Crippen molar-refractivity contribution in [2.75, 3.05) is 7.05 Å². The first-order valence-corrected chi connectivity index (χ1v) is 6.24. The van der Waals surface area contributed by atoms with Gasteiger partial charge in [0.2, 0.25) is 5.91 Å². The SMILES string of the molecule is CCC(=O)N1[C@@H]2CCC[C@H]1C[C@H](NC)C2. The number of nitrogens with one attached hydrogen (secondary N) is 1. The van der Waals surface area contributed by atoms with Gasteiger partial charge in [0.25, 0.3) is 0 Å². The smallest absolute Gasteiger partial charge is 0.222 e. The van der Waals surface area contributed by atoms with Crippen LogP contribution in [0.15, 0.2) is 0 Å². The van der Waals surface area contributed by atoms with Crippen molar-refractivity contribution in [1.82, 2.24) is 10.2 Å². The van der Waals surface area contributed by atoms with E-state index in [4.69, 9.17) is 0 Å². The molecule has 0 spiro atoms. The molecular formula is C12H22N2O. The molecule has 86 valence electrons. The number of piperidine rings is 2. The maximum atomic E-state index is 11.9. The van der Waals surface area contributed by atoms with E-state index in [2.05, 4.69) is 10.2 Å². The van der Waals surface area contributed by atoms with Gasteiger partial charge in [-0.05, 0) is 39.2 Å². The van der Waals surface area contributed by atoms with E-state index < -0.39 is 0 Å². The molecule has 2 aliphatic rings. The Morgan fingerprint density at radius 1 is 1.33 bits per heavy atom. The fourth-order valence-electron chi connectivity index (χ4n) is 3.21. The third-order valence-corrected chi connectivity index (χ3v) is 3.97. The van der Waals surface area contributed by atoms with Gasteiger partial charge in [-0.2, -0.15) is 0 Å². The van der Waals surface area contributed by atoms with Crippen molar-refractivity contribution in [3.63, 3.8) is 0 Å². The van der Waals surface area contributed by atoms with Crippen molar-refractivity contribution in [2.45, 2.75) is 63.6 Å². The Morgan fingerprint density at radius 2 is 1.93 bits per heavy atom. The molecule has 2 aliphatic heterocycles. The number of rotatable bonds is 2. The van der Waals surface area contributed by atoms with Gasteiger partial charge < -0.3 is 10.2 Å². The van der Waals surface area contributed by atoms with E-state index in [0.29, 0.717) is 30.5 Å². The summed E-state index contributed by atoms with van der Waals surface area (Å²) < 4.78 is 0. The van der Waals surface area contributed by atoms with Crippen LogP contribution in [0.25, 0.3) is 0 Å². The van der Waals surface area contributed by atoms with E-state index >= 15 is 0 Å². The first-order chi connectivity index (χ1) is 7.26. The molecule has 0 unspecified atom stereocenters. The van der Waals surface area contributed by atoms with Gasteiger partial charge in [-0.1, -0.05) is 6.92 Å². The summed E-state index contributed by atoms with van der Waals surface area (Å²) in [5.74, 6) is 0.360. The molecule has 0 aromatic carbocycles. The van der Waals surface area contributed by atoms with Crippen LogP contribution >= 0.6 is 0 Å². The Bertz CT molecular complexity index is 228. The third kappa shape index (κ3) is 2.03. The predicted octanol–water partition coefficient (Wildman–Crippen LogP) is 1.53. The summed E-state index contributed by atoms with van der Waals surface area (Å²) >= 11 is 0. The van der Waals surface area contributed by atoms with Crippen LogP contribution in [0.1, 0.15) is 45.4 Å². The number of carbonyl (C=O) groups is 1. The van der Waals surface area contributed by atoms with Crippen LogP contribution < -0.4 is 5.32 Å². The Kier molecular flexibility index (Phi) is 3.29. The van der Waals surface area contributed by atoms with E-state index in [1.54, 1.807) is 0 Å². The Hall–Kier alpha value is -0.570. The highest BCUT2D eigenvalue weighted by atomic mass is 16.2. The molecule has 0 radical (unpaired) electrons. The molecule has 0 aliphatic carbocycles. The normalized spacial score (nSPS) is 35.3. The molecule has 1 amide bonds. The lowest BCUT2D eigenvalue weighted by molar-refractivity contribution is -0.141. The Morgan fingerprint density at radius 3 is 2.40 bits per heavy atom. The molecule has 2 heterocycles. The van der Waals surface area contributed by atoms with E-state index in [0.717, 1.165) is 12.8 Å². The van der Waals surface area contributed by atoms with Gasteiger partial charge in [0.05, 0.1) is 0 Å². The van der Waals surface area contributed by atoms with Crippen molar-refractivity contribution in [1.29, 1.82) is 0 Å². The second kappa shape index (κ2) is 4.52. The summed E-state index contributed by atoms with van der Waals surface area (Å²) in [5.41, 5.74) is 0. The van der Waals surface area contributed by atoms with Gasteiger partial charge in [0.1, 0.15) is 0 Å². The monoisotopic (exact) mass is 210 g/mol. The molecule has 3 nitrogen and oxygen atoms in total. The fraction of sp³-hybridized carbons (Fsp3) is 0.917. The van der Waals surface area contributed by atoms with Crippen LogP contribution in [0.5, 0.6) is 0 Å². The summed E-state index contributed by atoms with van der Waals surface area (Å²) in [6, 6.07) is 1.66. The summed E-state index contributed by atoms with van der Waals surface area (Å²) in [5, 5.41) is 3.37. The number of fused-ring (bicyclic) bond motifs is 2. The van der Waals surface area contributed by atoms with Crippen LogP contribution in [0, 0.1) is 0 Å². The third-order valence-electron chi connectivity index (χ3n) is 3.97. The molecular weight excluding hydrogens is 188 g/mol. The minimum atomic E-state index is 0.360. The zero-order chi connectivity index (χ0) is 10.8. The largest absolute Gasteiger partial charge is 0.337 e. The van der Waals surface area contributed by atoms with Crippen LogP contribution in [0.3, 0.4) is 0 Å². The van der Waals surface area contributed by atoms with E-state index in [1.807, 2.05) is 14.0 Å². The molecule has 0 aromatic heterocycles. The molecule has 2 saturated heterocycles. The minimum absolute atomic E-state index is 0.360. The van der Waals surface area contributed by atoms with E-state index in [-0.39, 0.29) is 0 Å². The fourth-order valence-corrected chi connectivity index (χ4v) is 3.21. The van der Waals surface area contributed by atoms with Crippen LogP contribution in [-0.4, -0.2) is 36.0 Å². The van der Waals surface area contributed by atoms with Crippen molar-refractivity contribution in [3.8, 4) is 0 Å². The summed E-state index contributed by atoms with van der Waals surface area (Å²) in [6.45, 7) is 1.97. The topological polar surface area (TPSA) is 32.3 Å². The molecule has 0 aromatic rings. The second-order valence-corrected chi connectivity index (χ2v) is 4.85. The van der Waals surface area contributed by atoms with Gasteiger partial charge in [-0.25, -0.2) is 0 Å². The second-order valence-electron chi connectivity index (χ2n) is 4.85. The predicted molar refractivity (Wildman–Crippen MR) is 60.6 cm³/mol. The van der Waals surface area contributed by atoms with Gasteiger partial charge in [0, 0.05) is 24.5 Å². The van der Waals surface area contributed by atoms with Crippen LogP contribution in [0.2, 0.25) is 0 Å². The number of amides is 1. The maximum absolute atomic E-state index is 11.9. The number of hydrogen-bond donors (Lipinski definition) is 1. The maximum Gasteiger partial charge on any atom is 0.222 e. The molecule has 15 heavy (non-hydrogen) atoms. The lowest BCUT2D eigenvalue weighted by Crippen LogP contribution is -2.57. The number of nitrogens with zero attached hydrogens (tertiary/aromatic N) is 1. The quantitative estimate of drug-likeness (QED) is 0.749. The highest BCUT2D eigenvalue weighted by Crippen LogP contribution is 2.34. The van der Waals surface area contributed by atoms with Gasteiger partial charge in [-0.15, -0.1) is 0 Å². The standard InChI is InChI=1S/C12H22N2O/c1-3-12(15)14-10-5-4-6-11(14)8-9(7-10)13-2/h9-11,13H,3-8H2,1-2H3/t9-,10-,11+. The zero-order valence-electron chi connectivity index (χ0n) is 9.83. The van der Waals surface area contributed by atoms with Crippen LogP contribution in [0.4, 0.5) is 0 Å². The summed E-state index contributed by atoms with van der Waals surface area (Å²) in [6.07, 6.45) is 6.69. The van der Waals surface area contributed by atoms with Crippen molar-refractivity contribution in [2.24, 2.45) is 0 Å². The van der Waals surface area contributed by atoms with E-state index in [1.165, 1.54) is 19.3 Å². The van der Waals surface area contributed by atoms with Gasteiger partial charge in [-0.3, -0.25) is 4.79 Å². The zero-order valence-corrected chi connectivity index (χ0v) is 9.83. The molecule has 2 bridgehead atoms. The first kappa shape index (κ1) is 10.9. The average Bonchev–Trinajstić information content (AvgIpc) is 2.26. The molecule has 2 fully saturated rings. The molecule has 3 atom stereocenters. The van der Waals surface area contributed by atoms with Crippen molar-refractivity contribution < 1.29 is 4.79 Å². The van der Waals surface area contributed by atoms with Gasteiger partial charge in [0.15, 0.2) is 0 Å². The lowest BCUT2D eigenvalue weighted by atomic mass is 9.81. The Labute approximate surface area is 92.2 Å². The van der Waals surface area contributed by atoms with Crippen molar-refractivity contribution >= 4 is 5.91 Å². The Balaban J connectivity index is 2.10. The molecule has 2 rings (SSSR count). The molecule has 0 saturated carbocycles. The highest BCUT2D eigenvalue weighted by molar-refractivity contribution is 5.76. The van der Waals surface area contributed by atoms with E-state index in [9.17, 15) is 4.79 Å². The molecule has 3 heteroatoms. The molecule has 1 N–H and O–H groups in total. The lowest BCUT2D eigenvalue weighted by Gasteiger charge is -2.49. The van der Waals surface area contributed by atoms with Crippen molar-refractivity contribution in [3.05, 3.63) is 0 Å². The minimum Gasteiger partial charge on any atom is -0.337 e. The van der Waals surface area contributed by atoms with Crippen LogP contribution in [-0.2, 0) is 4.79 Å². The summed E-state index contributed by atoms with van der Waals surface area (Å²) in [4.78, 5) is 14.1. The highest BCUT2D eigenvalue weighted by Gasteiger charge is 2.39. The van der Waals surface area contributed by atoms with Gasteiger partial charge >= 0.3 is 0 Å². The number of carbonyl (C=O) groups excluding carboxylic acids is 1. The first-order valence-electron chi connectivity index (χ1n) is 6.24. The number of hydrogen-bond acceptors (Lipinski definition) is 2. The average molecular weight is 210 g/mol. The summed E-state index contributed by atoms with van der Waals surface area (Å²) in [7, 11) is 2.04.